The summed E-state index contributed by atoms with van der Waals surface area (Å²) in [7, 11) is 1.92. The summed E-state index contributed by atoms with van der Waals surface area (Å²) in [5, 5.41) is 9.25. The molecule has 3 N–H and O–H groups in total. The number of benzene rings is 3. The maximum Gasteiger partial charge on any atom is 0.266 e. The number of nitrogens with zero attached hydrogens (tertiary/aromatic N) is 3. The molecule has 0 radical (unpaired) electrons. The van der Waals surface area contributed by atoms with Gasteiger partial charge in [-0.05, 0) is 71.8 Å². The van der Waals surface area contributed by atoms with Crippen molar-refractivity contribution in [1.82, 2.24) is 9.62 Å². The normalized spacial score (nSPS) is 13.5. The number of fused-ring (bicyclic) bond motifs is 6. The van der Waals surface area contributed by atoms with Gasteiger partial charge in [-0.1, -0.05) is 31.0 Å². The Labute approximate surface area is 319 Å². The second kappa shape index (κ2) is 20.8. The van der Waals surface area contributed by atoms with E-state index in [0.717, 1.165) is 111 Å². The van der Waals surface area contributed by atoms with Crippen molar-refractivity contribution >= 4 is 47.3 Å². The fraction of sp³-hybridized carbons (Fsp3) is 0.500. The van der Waals surface area contributed by atoms with Gasteiger partial charge in [-0.2, -0.15) is 0 Å². The molecule has 0 aliphatic carbocycles. The van der Waals surface area contributed by atoms with E-state index >= 15 is 0 Å². The van der Waals surface area contributed by atoms with Crippen molar-refractivity contribution in [3.63, 3.8) is 0 Å². The fourth-order valence-corrected chi connectivity index (χ4v) is 7.74. The minimum absolute atomic E-state index is 0.195. The third-order valence-corrected chi connectivity index (χ3v) is 10.5. The number of amides is 1. The first-order valence-corrected chi connectivity index (χ1v) is 19.9. The van der Waals surface area contributed by atoms with Crippen LogP contribution in [0.15, 0.2) is 54.6 Å². The predicted molar refractivity (Wildman–Crippen MR) is 214 cm³/mol. The lowest BCUT2D eigenvalue weighted by atomic mass is 9.75. The first-order valence-electron chi connectivity index (χ1n) is 18.5. The van der Waals surface area contributed by atoms with Crippen molar-refractivity contribution in [3.8, 4) is 11.5 Å². The van der Waals surface area contributed by atoms with Gasteiger partial charge in [0, 0.05) is 109 Å². The highest BCUT2D eigenvalue weighted by atomic mass is 35.5. The van der Waals surface area contributed by atoms with Gasteiger partial charge < -0.3 is 29.3 Å². The van der Waals surface area contributed by atoms with Crippen LogP contribution in [0.3, 0.4) is 0 Å². The molecule has 1 amide bonds. The van der Waals surface area contributed by atoms with Crippen LogP contribution in [0.2, 0.25) is 0 Å². The largest absolute Gasteiger partial charge is 0.456 e. The van der Waals surface area contributed by atoms with Crippen LogP contribution in [0.5, 0.6) is 11.5 Å². The molecule has 0 saturated carbocycles. The van der Waals surface area contributed by atoms with Crippen LogP contribution < -0.4 is 25.0 Å². The maximum absolute atomic E-state index is 13.7. The number of hydrogen-bond acceptors (Lipinski definition) is 10. The van der Waals surface area contributed by atoms with E-state index in [-0.39, 0.29) is 5.91 Å². The van der Waals surface area contributed by atoms with E-state index in [1.54, 1.807) is 16.4 Å². The van der Waals surface area contributed by atoms with Crippen molar-refractivity contribution in [2.75, 3.05) is 81.9 Å². The highest BCUT2D eigenvalue weighted by Crippen LogP contribution is 2.59. The number of rotatable bonds is 20. The molecule has 0 atom stereocenters. The van der Waals surface area contributed by atoms with Gasteiger partial charge in [-0.25, -0.2) is 4.31 Å². The lowest BCUT2D eigenvalue weighted by molar-refractivity contribution is 0.0478. The smallest absolute Gasteiger partial charge is 0.266 e. The molecule has 3 aromatic carbocycles. The Morgan fingerprint density at radius 3 is 1.90 bits per heavy atom. The zero-order valence-corrected chi connectivity index (χ0v) is 33.0. The lowest BCUT2D eigenvalue weighted by Gasteiger charge is -2.43. The summed E-state index contributed by atoms with van der Waals surface area (Å²) < 4.78 is 19.0. The zero-order valence-electron chi connectivity index (χ0n) is 31.4. The minimum Gasteiger partial charge on any atom is -0.456 e. The number of ether oxygens (including phenoxy) is 3. The molecule has 0 aromatic heterocycles. The van der Waals surface area contributed by atoms with Gasteiger partial charge in [0.1, 0.15) is 23.3 Å². The SMILES string of the molecule is CCN(CC)c1ccc2c(c1)Oc1cc(N(CC)CC)ccc1C21c2cc(C=O)ccc2C(=O)N1SN.CNCCOCCOCCCCCCCl. The molecule has 5 rings (SSSR count). The summed E-state index contributed by atoms with van der Waals surface area (Å²) in [6.45, 7) is 15.8. The molecule has 0 fully saturated rings. The van der Waals surface area contributed by atoms with Crippen LogP contribution in [-0.2, 0) is 15.0 Å². The van der Waals surface area contributed by atoms with Gasteiger partial charge in [0.05, 0.1) is 19.8 Å². The average Bonchev–Trinajstić information content (AvgIpc) is 3.41. The number of carbonyl (C=O) groups is 2. The lowest BCUT2D eigenvalue weighted by Crippen LogP contribution is -2.44. The van der Waals surface area contributed by atoms with Gasteiger partial charge in [-0.15, -0.1) is 11.6 Å². The monoisotopic (exact) mass is 753 g/mol. The van der Waals surface area contributed by atoms with Gasteiger partial charge in [0.15, 0.2) is 0 Å². The Hall–Kier alpha value is -3.32. The number of anilines is 2. The van der Waals surface area contributed by atoms with Crippen molar-refractivity contribution in [1.29, 1.82) is 0 Å². The fourth-order valence-electron chi connectivity index (χ4n) is 6.90. The van der Waals surface area contributed by atoms with Gasteiger partial charge in [0.25, 0.3) is 5.91 Å². The van der Waals surface area contributed by atoms with Gasteiger partial charge in [-0.3, -0.25) is 14.7 Å². The van der Waals surface area contributed by atoms with E-state index in [1.165, 1.54) is 12.8 Å². The van der Waals surface area contributed by atoms with Crippen molar-refractivity contribution in [2.45, 2.75) is 58.9 Å². The number of aldehydes is 1. The molecule has 1 spiro atoms. The molecule has 2 aliphatic rings. The van der Waals surface area contributed by atoms with Crippen molar-refractivity contribution in [3.05, 3.63) is 82.4 Å². The quantitative estimate of drug-likeness (QED) is 0.0518. The number of nitrogens with two attached hydrogens (primary N) is 1. The summed E-state index contributed by atoms with van der Waals surface area (Å²) in [6, 6.07) is 17.5. The van der Waals surface area contributed by atoms with Crippen LogP contribution >= 0.6 is 23.7 Å². The third-order valence-electron chi connectivity index (χ3n) is 9.62. The van der Waals surface area contributed by atoms with Crippen LogP contribution in [0.4, 0.5) is 11.4 Å². The molecule has 284 valence electrons. The Bertz CT molecular complexity index is 1530. The second-order valence-electron chi connectivity index (χ2n) is 12.6. The van der Waals surface area contributed by atoms with E-state index in [0.29, 0.717) is 35.8 Å². The first kappa shape index (κ1) is 41.4. The van der Waals surface area contributed by atoms with E-state index in [4.69, 9.17) is 31.0 Å². The van der Waals surface area contributed by atoms with E-state index in [9.17, 15) is 9.59 Å². The molecule has 12 heteroatoms. The molecule has 10 nitrogen and oxygen atoms in total. The summed E-state index contributed by atoms with van der Waals surface area (Å²) in [6.07, 6.45) is 5.49. The molecule has 52 heavy (non-hydrogen) atoms. The summed E-state index contributed by atoms with van der Waals surface area (Å²) in [4.78, 5) is 30.1. The first-order chi connectivity index (χ1) is 25.4. The van der Waals surface area contributed by atoms with Gasteiger partial charge >= 0.3 is 0 Å². The highest BCUT2D eigenvalue weighted by molar-refractivity contribution is 7.95. The van der Waals surface area contributed by atoms with Crippen LogP contribution in [-0.4, -0.2) is 88.6 Å². The summed E-state index contributed by atoms with van der Waals surface area (Å²) in [5.74, 6) is 1.93. The Morgan fingerprint density at radius 2 is 1.38 bits per heavy atom. The number of halogens is 1. The molecule has 2 aliphatic heterocycles. The van der Waals surface area contributed by atoms with Gasteiger partial charge in [0.2, 0.25) is 0 Å². The highest BCUT2D eigenvalue weighted by Gasteiger charge is 2.57. The second-order valence-corrected chi connectivity index (χ2v) is 13.5. The predicted octanol–water partition coefficient (Wildman–Crippen LogP) is 7.61. The number of hydrogen-bond donors (Lipinski definition) is 2. The molecule has 0 saturated heterocycles. The van der Waals surface area contributed by atoms with Crippen LogP contribution in [0.1, 0.15) is 90.8 Å². The summed E-state index contributed by atoms with van der Waals surface area (Å²) in [5.41, 5.74) is 4.45. The van der Waals surface area contributed by atoms with E-state index in [1.807, 2.05) is 37.4 Å². The topological polar surface area (TPSA) is 110 Å². The molecular weight excluding hydrogens is 698 g/mol. The van der Waals surface area contributed by atoms with E-state index in [2.05, 4.69) is 54.9 Å². The number of likely N-dealkylation sites (N-methyl/N-ethyl adjacent to an activating group) is 1. The average molecular weight is 754 g/mol. The Balaban J connectivity index is 0.000000342. The maximum atomic E-state index is 13.7. The van der Waals surface area contributed by atoms with Crippen LogP contribution in [0, 0.1) is 0 Å². The molecule has 2 heterocycles. The number of carbonyl (C=O) groups excluding carboxylic acids is 2. The van der Waals surface area contributed by atoms with Crippen molar-refractivity contribution in [2.24, 2.45) is 5.14 Å². The third kappa shape index (κ3) is 9.06. The molecule has 0 unspecified atom stereocenters. The molecule has 0 bridgehead atoms. The molecule has 3 aromatic rings. The number of nitrogens with one attached hydrogen (secondary N) is 1. The summed E-state index contributed by atoms with van der Waals surface area (Å²) >= 11 is 6.47. The Kier molecular flexibility index (Phi) is 16.6. The van der Waals surface area contributed by atoms with Crippen molar-refractivity contribution < 1.29 is 23.8 Å². The van der Waals surface area contributed by atoms with Crippen LogP contribution in [0.25, 0.3) is 0 Å². The van der Waals surface area contributed by atoms with E-state index < -0.39 is 5.54 Å². The Morgan fingerprint density at radius 1 is 0.808 bits per heavy atom. The minimum atomic E-state index is -1.04. The zero-order chi connectivity index (χ0) is 37.5. The standard InChI is InChI=1S/C29H32N4O3S.C11H24ClNO2/c1-5-31(6-2)20-10-13-23-26(16-20)36-27-17-21(32(7-3)8-4)11-14-24(27)29(23)25-15-19(18-34)9-12-22(25)28(35)33(29)37-30;1-13-7-9-15-11-10-14-8-5-3-2-4-6-12/h9-18H,5-8,30H2,1-4H3;13H,2-11H2,1H3. The molecular formula is C40H56ClN5O5S. The number of alkyl halides is 1. The number of unbranched alkanes of at least 4 members (excludes halogenated alkanes) is 3.